The van der Waals surface area contributed by atoms with Crippen molar-refractivity contribution in [2.45, 2.75) is 13.1 Å². The number of hydrogen-bond donors (Lipinski definition) is 0. The van der Waals surface area contributed by atoms with Gasteiger partial charge in [-0.3, -0.25) is 9.67 Å². The lowest BCUT2D eigenvalue weighted by Crippen LogP contribution is -2.08. The Balaban J connectivity index is 1.69. The Hall–Kier alpha value is -2.88. The number of halogens is 2. The van der Waals surface area contributed by atoms with Crippen molar-refractivity contribution in [3.8, 4) is 11.3 Å². The molecule has 0 fully saturated rings. The fraction of sp³-hybridized carbons (Fsp3) is 0.0833. The Morgan fingerprint density at radius 1 is 0.828 bits per heavy atom. The van der Waals surface area contributed by atoms with Gasteiger partial charge in [-0.15, -0.1) is 0 Å². The van der Waals surface area contributed by atoms with Crippen molar-refractivity contribution in [3.63, 3.8) is 0 Å². The Kier molecular flexibility index (Phi) is 4.70. The molecule has 0 saturated carbocycles. The summed E-state index contributed by atoms with van der Waals surface area (Å²) in [4.78, 5) is 4.92. The summed E-state index contributed by atoms with van der Waals surface area (Å²) in [6.45, 7) is 1.23. The van der Waals surface area contributed by atoms with Crippen molar-refractivity contribution in [1.29, 1.82) is 0 Å². The van der Waals surface area contributed by atoms with Gasteiger partial charge in [0.1, 0.15) is 0 Å². The van der Waals surface area contributed by atoms with E-state index in [-0.39, 0.29) is 0 Å². The van der Waals surface area contributed by atoms with Gasteiger partial charge in [-0.25, -0.2) is 0 Å². The highest BCUT2D eigenvalue weighted by Gasteiger charge is 2.24. The zero-order valence-electron chi connectivity index (χ0n) is 15.5. The second-order valence-corrected chi connectivity index (χ2v) is 7.84. The van der Waals surface area contributed by atoms with Gasteiger partial charge < -0.3 is 0 Å². The number of benzene rings is 3. The van der Waals surface area contributed by atoms with Crippen molar-refractivity contribution < 1.29 is 0 Å². The van der Waals surface area contributed by atoms with Crippen LogP contribution in [0.25, 0.3) is 11.3 Å². The molecule has 1 aromatic heterocycles. The molecule has 1 aliphatic heterocycles. The molecule has 29 heavy (non-hydrogen) atoms. The third-order valence-electron chi connectivity index (χ3n) is 5.12. The minimum Gasteiger partial charge on any atom is -0.279 e. The molecule has 5 heteroatoms. The van der Waals surface area contributed by atoms with Crippen LogP contribution in [-0.2, 0) is 13.1 Å². The lowest BCUT2D eigenvalue weighted by molar-refractivity contribution is 0.694. The van der Waals surface area contributed by atoms with Crippen LogP contribution in [-0.4, -0.2) is 15.5 Å². The summed E-state index contributed by atoms with van der Waals surface area (Å²) in [5.74, 6) is 0. The van der Waals surface area contributed by atoms with Crippen molar-refractivity contribution >= 4 is 28.9 Å². The highest BCUT2D eigenvalue weighted by Crippen LogP contribution is 2.35. The standard InChI is InChI=1S/C24H17Cl2N3/c25-18-10-11-19-21(12-18)23(20-8-4-5-9-22(20)26)27-13-17-14-28-29(24(17)19)15-16-6-2-1-3-7-16/h1-12,14H,13,15H2. The maximum Gasteiger partial charge on any atom is 0.0745 e. The second-order valence-electron chi connectivity index (χ2n) is 7.00. The normalized spacial score (nSPS) is 12.7. The van der Waals surface area contributed by atoms with Crippen LogP contribution in [0.3, 0.4) is 0 Å². The van der Waals surface area contributed by atoms with Crippen LogP contribution < -0.4 is 0 Å². The zero-order valence-corrected chi connectivity index (χ0v) is 17.0. The average Bonchev–Trinajstić information content (AvgIpc) is 3.05. The molecule has 5 rings (SSSR count). The first-order chi connectivity index (χ1) is 14.2. The van der Waals surface area contributed by atoms with E-state index >= 15 is 0 Å². The molecule has 0 bridgehead atoms. The highest BCUT2D eigenvalue weighted by atomic mass is 35.5. The van der Waals surface area contributed by atoms with Crippen molar-refractivity contribution in [3.05, 3.63) is 111 Å². The van der Waals surface area contributed by atoms with Gasteiger partial charge in [0, 0.05) is 32.3 Å². The third kappa shape index (κ3) is 3.37. The van der Waals surface area contributed by atoms with E-state index in [1.165, 1.54) is 5.56 Å². The van der Waals surface area contributed by atoms with E-state index in [2.05, 4.69) is 23.3 Å². The minimum absolute atomic E-state index is 0.539. The number of nitrogens with zero attached hydrogens (tertiary/aromatic N) is 3. The lowest BCUT2D eigenvalue weighted by Gasteiger charge is -2.14. The Bertz CT molecular complexity index is 1230. The van der Waals surface area contributed by atoms with E-state index in [1.807, 2.05) is 65.5 Å². The van der Waals surface area contributed by atoms with E-state index in [0.717, 1.165) is 33.7 Å². The van der Waals surface area contributed by atoms with Gasteiger partial charge in [-0.2, -0.15) is 5.10 Å². The first kappa shape index (κ1) is 18.2. The second kappa shape index (κ2) is 7.51. The number of aromatic nitrogens is 2. The van der Waals surface area contributed by atoms with Crippen molar-refractivity contribution in [1.82, 2.24) is 9.78 Å². The molecule has 0 aliphatic carbocycles. The van der Waals surface area contributed by atoms with Crippen LogP contribution in [0.15, 0.2) is 84.0 Å². The molecule has 4 aromatic rings. The van der Waals surface area contributed by atoms with Crippen molar-refractivity contribution in [2.24, 2.45) is 4.99 Å². The van der Waals surface area contributed by atoms with E-state index < -0.39 is 0 Å². The molecule has 0 atom stereocenters. The molecule has 3 aromatic carbocycles. The quantitative estimate of drug-likeness (QED) is 0.387. The smallest absolute Gasteiger partial charge is 0.0745 e. The van der Waals surface area contributed by atoms with Crippen molar-refractivity contribution in [2.75, 3.05) is 0 Å². The summed E-state index contributed by atoms with van der Waals surface area (Å²) in [7, 11) is 0. The number of hydrogen-bond acceptors (Lipinski definition) is 2. The topological polar surface area (TPSA) is 30.2 Å². The zero-order chi connectivity index (χ0) is 19.8. The summed E-state index contributed by atoms with van der Waals surface area (Å²) in [5.41, 5.74) is 7.16. The number of rotatable bonds is 3. The summed E-state index contributed by atoms with van der Waals surface area (Å²) in [5, 5.41) is 6.00. The highest BCUT2D eigenvalue weighted by molar-refractivity contribution is 6.36. The first-order valence-corrected chi connectivity index (χ1v) is 10.1. The van der Waals surface area contributed by atoms with Gasteiger partial charge in [0.05, 0.1) is 30.7 Å². The lowest BCUT2D eigenvalue weighted by atomic mass is 9.95. The van der Waals surface area contributed by atoms with Gasteiger partial charge in [0.15, 0.2) is 0 Å². The molecule has 3 nitrogen and oxygen atoms in total. The number of aliphatic imine (C=N–C) groups is 1. The molecular formula is C24H17Cl2N3. The SMILES string of the molecule is Clc1ccc2c(c1)C(c1ccccc1Cl)=NCc1cnn(Cc3ccccc3)c1-2. The molecule has 0 radical (unpaired) electrons. The van der Waals surface area contributed by atoms with Crippen LogP contribution in [0.4, 0.5) is 0 Å². The molecule has 1 aliphatic rings. The summed E-state index contributed by atoms with van der Waals surface area (Å²) >= 11 is 12.9. The van der Waals surface area contributed by atoms with Crippen LogP contribution in [0.5, 0.6) is 0 Å². The van der Waals surface area contributed by atoms with Gasteiger partial charge in [0.25, 0.3) is 0 Å². The Labute approximate surface area is 179 Å². The van der Waals surface area contributed by atoms with Gasteiger partial charge in [0.2, 0.25) is 0 Å². The van der Waals surface area contributed by atoms with E-state index in [9.17, 15) is 0 Å². The summed E-state index contributed by atoms with van der Waals surface area (Å²) in [6.07, 6.45) is 1.91. The van der Waals surface area contributed by atoms with Gasteiger partial charge in [-0.05, 0) is 23.8 Å². The van der Waals surface area contributed by atoms with Crippen LogP contribution in [0.2, 0.25) is 10.0 Å². The number of fused-ring (bicyclic) bond motifs is 3. The fourth-order valence-corrected chi connectivity index (χ4v) is 4.18. The summed E-state index contributed by atoms with van der Waals surface area (Å²) in [6, 6.07) is 24.1. The van der Waals surface area contributed by atoms with Crippen LogP contribution in [0.1, 0.15) is 22.3 Å². The Morgan fingerprint density at radius 3 is 2.45 bits per heavy atom. The van der Waals surface area contributed by atoms with E-state index in [0.29, 0.717) is 23.1 Å². The molecule has 142 valence electrons. The van der Waals surface area contributed by atoms with E-state index in [4.69, 9.17) is 28.2 Å². The predicted molar refractivity (Wildman–Crippen MR) is 119 cm³/mol. The third-order valence-corrected chi connectivity index (χ3v) is 5.68. The average molecular weight is 418 g/mol. The van der Waals surface area contributed by atoms with E-state index in [1.54, 1.807) is 0 Å². The predicted octanol–water partition coefficient (Wildman–Crippen LogP) is 6.26. The van der Waals surface area contributed by atoms with Gasteiger partial charge in [-0.1, -0.05) is 77.8 Å². The van der Waals surface area contributed by atoms with Crippen LogP contribution in [0, 0.1) is 0 Å². The minimum atomic E-state index is 0.539. The molecule has 2 heterocycles. The molecule has 0 unspecified atom stereocenters. The maximum atomic E-state index is 6.51. The summed E-state index contributed by atoms with van der Waals surface area (Å²) < 4.78 is 2.04. The molecular weight excluding hydrogens is 401 g/mol. The molecule has 0 spiro atoms. The first-order valence-electron chi connectivity index (χ1n) is 9.39. The largest absolute Gasteiger partial charge is 0.279 e. The molecule has 0 N–H and O–H groups in total. The van der Waals surface area contributed by atoms with Crippen LogP contribution >= 0.6 is 23.2 Å². The van der Waals surface area contributed by atoms with Gasteiger partial charge >= 0.3 is 0 Å². The molecule has 0 saturated heterocycles. The molecule has 0 amide bonds. The fourth-order valence-electron chi connectivity index (χ4n) is 3.78. The maximum absolute atomic E-state index is 6.51. The monoisotopic (exact) mass is 417 g/mol. The Morgan fingerprint density at radius 2 is 1.62 bits per heavy atom.